The maximum atomic E-state index is 6.21. The van der Waals surface area contributed by atoms with Gasteiger partial charge in [-0.3, -0.25) is 0 Å². The van der Waals surface area contributed by atoms with Crippen molar-refractivity contribution in [2.24, 2.45) is 11.3 Å². The molecule has 1 unspecified atom stereocenters. The Morgan fingerprint density at radius 1 is 1.00 bits per heavy atom. The summed E-state index contributed by atoms with van der Waals surface area (Å²) < 4.78 is 6.21. The molecule has 1 aromatic carbocycles. The van der Waals surface area contributed by atoms with Gasteiger partial charge in [-0.2, -0.15) is 0 Å². The van der Waals surface area contributed by atoms with E-state index in [4.69, 9.17) is 4.74 Å². The molecule has 0 aliphatic heterocycles. The minimum Gasteiger partial charge on any atom is -0.493 e. The molecule has 0 aromatic heterocycles. The lowest BCUT2D eigenvalue weighted by Crippen LogP contribution is -2.33. The molecule has 1 heteroatoms. The van der Waals surface area contributed by atoms with E-state index in [1.54, 1.807) is 0 Å². The zero-order valence-electron chi connectivity index (χ0n) is 16.6. The van der Waals surface area contributed by atoms with E-state index in [1.165, 1.54) is 82.6 Å². The van der Waals surface area contributed by atoms with Gasteiger partial charge in [0.05, 0.1) is 6.61 Å². The lowest BCUT2D eigenvalue weighted by Gasteiger charge is -2.43. The molecule has 0 radical (unpaired) electrons. The summed E-state index contributed by atoms with van der Waals surface area (Å²) in [6.07, 6.45) is 16.8. The van der Waals surface area contributed by atoms with Gasteiger partial charge in [-0.05, 0) is 79.9 Å². The van der Waals surface area contributed by atoms with Crippen molar-refractivity contribution in [2.45, 2.75) is 96.8 Å². The molecule has 2 atom stereocenters. The molecule has 140 valence electrons. The molecule has 1 spiro atoms. The maximum absolute atomic E-state index is 6.21. The van der Waals surface area contributed by atoms with Crippen LogP contribution < -0.4 is 4.74 Å². The normalized spacial score (nSPS) is 24.2. The van der Waals surface area contributed by atoms with E-state index in [0.29, 0.717) is 11.3 Å². The van der Waals surface area contributed by atoms with Gasteiger partial charge in [-0.15, -0.1) is 0 Å². The quantitative estimate of drug-likeness (QED) is 0.498. The van der Waals surface area contributed by atoms with Gasteiger partial charge in [0.1, 0.15) is 5.75 Å². The Morgan fingerprint density at radius 2 is 1.72 bits per heavy atom. The fraction of sp³-hybridized carbons (Fsp3) is 0.750. The van der Waals surface area contributed by atoms with Gasteiger partial charge in [0, 0.05) is 0 Å². The summed E-state index contributed by atoms with van der Waals surface area (Å²) in [6, 6.07) is 8.99. The summed E-state index contributed by atoms with van der Waals surface area (Å²) in [7, 11) is 0. The van der Waals surface area contributed by atoms with Crippen LogP contribution in [0.15, 0.2) is 24.3 Å². The Morgan fingerprint density at radius 3 is 2.40 bits per heavy atom. The van der Waals surface area contributed by atoms with Crippen LogP contribution in [0, 0.1) is 11.3 Å². The summed E-state index contributed by atoms with van der Waals surface area (Å²) >= 11 is 0. The molecule has 0 heterocycles. The van der Waals surface area contributed by atoms with Crippen molar-refractivity contribution in [1.82, 2.24) is 0 Å². The molecule has 0 saturated heterocycles. The highest BCUT2D eigenvalue weighted by atomic mass is 16.5. The second-order valence-electron chi connectivity index (χ2n) is 8.80. The third kappa shape index (κ3) is 5.02. The number of hydrogen-bond donors (Lipinski definition) is 0. The van der Waals surface area contributed by atoms with Crippen molar-refractivity contribution in [2.75, 3.05) is 6.61 Å². The van der Waals surface area contributed by atoms with E-state index in [-0.39, 0.29) is 0 Å². The molecule has 0 N–H and O–H groups in total. The van der Waals surface area contributed by atoms with Crippen molar-refractivity contribution >= 4 is 0 Å². The van der Waals surface area contributed by atoms with Gasteiger partial charge in [0.15, 0.2) is 0 Å². The number of ether oxygens (including phenoxy) is 1. The van der Waals surface area contributed by atoms with Gasteiger partial charge >= 0.3 is 0 Å². The fourth-order valence-corrected chi connectivity index (χ4v) is 5.49. The zero-order valence-corrected chi connectivity index (χ0v) is 16.6. The van der Waals surface area contributed by atoms with E-state index in [2.05, 4.69) is 38.1 Å². The largest absolute Gasteiger partial charge is 0.493 e. The molecule has 2 saturated carbocycles. The Hall–Kier alpha value is -0.980. The zero-order chi connectivity index (χ0) is 17.5. The number of hydrogen-bond acceptors (Lipinski definition) is 1. The molecule has 2 aliphatic rings. The van der Waals surface area contributed by atoms with Crippen LogP contribution in [0.2, 0.25) is 0 Å². The van der Waals surface area contributed by atoms with E-state index < -0.39 is 0 Å². The van der Waals surface area contributed by atoms with Crippen LogP contribution in [0.25, 0.3) is 0 Å². The van der Waals surface area contributed by atoms with Gasteiger partial charge in [-0.25, -0.2) is 0 Å². The second-order valence-corrected chi connectivity index (χ2v) is 8.80. The lowest BCUT2D eigenvalue weighted by molar-refractivity contribution is 0.0658. The first-order valence-corrected chi connectivity index (χ1v) is 11.0. The first-order valence-electron chi connectivity index (χ1n) is 11.0. The molecular formula is C24H38O. The van der Waals surface area contributed by atoms with Crippen molar-refractivity contribution in [3.05, 3.63) is 29.8 Å². The molecule has 2 fully saturated rings. The summed E-state index contributed by atoms with van der Waals surface area (Å²) in [5.41, 5.74) is 2.17. The van der Waals surface area contributed by atoms with Crippen LogP contribution in [0.4, 0.5) is 0 Å². The van der Waals surface area contributed by atoms with Gasteiger partial charge in [0.25, 0.3) is 0 Å². The summed E-state index contributed by atoms with van der Waals surface area (Å²) in [5.74, 6) is 2.55. The molecule has 1 aromatic rings. The Labute approximate surface area is 155 Å². The molecular weight excluding hydrogens is 304 g/mol. The molecule has 25 heavy (non-hydrogen) atoms. The minimum atomic E-state index is 0.683. The Kier molecular flexibility index (Phi) is 6.84. The first kappa shape index (κ1) is 18.8. The summed E-state index contributed by atoms with van der Waals surface area (Å²) in [5, 5.41) is 0. The summed E-state index contributed by atoms with van der Waals surface area (Å²) in [6.45, 7) is 5.51. The van der Waals surface area contributed by atoms with E-state index in [1.807, 2.05) is 0 Å². The van der Waals surface area contributed by atoms with Crippen LogP contribution in [0.5, 0.6) is 5.75 Å². The smallest absolute Gasteiger partial charge is 0.119 e. The van der Waals surface area contributed by atoms with E-state index in [0.717, 1.165) is 18.3 Å². The second kappa shape index (κ2) is 9.10. The average Bonchev–Trinajstić information content (AvgIpc) is 2.66. The monoisotopic (exact) mass is 342 g/mol. The molecule has 3 rings (SSSR count). The predicted molar refractivity (Wildman–Crippen MR) is 107 cm³/mol. The third-order valence-electron chi connectivity index (χ3n) is 6.92. The van der Waals surface area contributed by atoms with Gasteiger partial charge < -0.3 is 4.74 Å². The highest BCUT2D eigenvalue weighted by Gasteiger charge is 2.37. The molecule has 1 nitrogen and oxygen atoms in total. The Balaban J connectivity index is 1.51. The van der Waals surface area contributed by atoms with Crippen LogP contribution in [-0.4, -0.2) is 6.61 Å². The molecule has 0 amide bonds. The lowest BCUT2D eigenvalue weighted by atomic mass is 9.63. The van der Waals surface area contributed by atoms with Crippen molar-refractivity contribution < 1.29 is 4.74 Å². The van der Waals surface area contributed by atoms with E-state index >= 15 is 0 Å². The van der Waals surface area contributed by atoms with Crippen LogP contribution in [0.3, 0.4) is 0 Å². The molecule has 2 aliphatic carbocycles. The SMILES string of the molecule is CCC[C@H](CC)c1ccc(OCC2CCCC3(CCCCC3)C2)cc1. The van der Waals surface area contributed by atoms with Crippen LogP contribution in [-0.2, 0) is 0 Å². The highest BCUT2D eigenvalue weighted by molar-refractivity contribution is 5.29. The van der Waals surface area contributed by atoms with Crippen molar-refractivity contribution in [3.63, 3.8) is 0 Å². The molecule has 0 bridgehead atoms. The minimum absolute atomic E-state index is 0.683. The van der Waals surface area contributed by atoms with Gasteiger partial charge in [0.2, 0.25) is 0 Å². The number of rotatable bonds is 7. The van der Waals surface area contributed by atoms with Gasteiger partial charge in [-0.1, -0.05) is 58.1 Å². The highest BCUT2D eigenvalue weighted by Crippen LogP contribution is 2.49. The van der Waals surface area contributed by atoms with Crippen molar-refractivity contribution in [1.29, 1.82) is 0 Å². The predicted octanol–water partition coefficient (Wildman–Crippen LogP) is 7.50. The van der Waals surface area contributed by atoms with E-state index in [9.17, 15) is 0 Å². The summed E-state index contributed by atoms with van der Waals surface area (Å²) in [4.78, 5) is 0. The first-order chi connectivity index (χ1) is 12.2. The third-order valence-corrected chi connectivity index (χ3v) is 6.92. The topological polar surface area (TPSA) is 9.23 Å². The Bertz CT molecular complexity index is 492. The number of benzene rings is 1. The van der Waals surface area contributed by atoms with Crippen LogP contribution in [0.1, 0.15) is 102 Å². The van der Waals surface area contributed by atoms with Crippen molar-refractivity contribution in [3.8, 4) is 5.75 Å². The maximum Gasteiger partial charge on any atom is 0.119 e. The fourth-order valence-electron chi connectivity index (χ4n) is 5.49. The van der Waals surface area contributed by atoms with Crippen LogP contribution >= 0.6 is 0 Å². The standard InChI is InChI=1S/C24H38O/c1-3-9-21(4-2)22-11-13-23(14-12-22)25-19-20-10-8-17-24(18-20)15-6-5-7-16-24/h11-14,20-21H,3-10,15-19H2,1-2H3/t20?,21-/m0/s1. The average molecular weight is 343 g/mol.